The highest BCUT2D eigenvalue weighted by atomic mass is 35.5. The van der Waals surface area contributed by atoms with Crippen LogP contribution in [0.1, 0.15) is 24.2 Å². The van der Waals surface area contributed by atoms with E-state index in [-0.39, 0.29) is 12.4 Å². The molecular weight excluding hydrogens is 288 g/mol. The van der Waals surface area contributed by atoms with Crippen LogP contribution in [0, 0.1) is 19.8 Å². The summed E-state index contributed by atoms with van der Waals surface area (Å²) < 4.78 is 26.6. The number of nitrogens with one attached hydrogen (secondary N) is 1. The maximum Gasteiger partial charge on any atom is 0.246 e. The van der Waals surface area contributed by atoms with Crippen molar-refractivity contribution < 1.29 is 8.42 Å². The lowest BCUT2D eigenvalue weighted by molar-refractivity contribution is 0.278. The van der Waals surface area contributed by atoms with Gasteiger partial charge in [-0.3, -0.25) is 5.10 Å². The van der Waals surface area contributed by atoms with Crippen LogP contribution in [0.4, 0.5) is 0 Å². The molecule has 0 bridgehead atoms. The van der Waals surface area contributed by atoms with Crippen LogP contribution in [-0.2, 0) is 10.0 Å². The topological polar surface area (TPSA) is 92.1 Å². The Morgan fingerprint density at radius 1 is 1.37 bits per heavy atom. The third-order valence-corrected chi connectivity index (χ3v) is 5.73. The van der Waals surface area contributed by atoms with Gasteiger partial charge in [0.1, 0.15) is 4.90 Å². The largest absolute Gasteiger partial charge is 0.330 e. The lowest BCUT2D eigenvalue weighted by Crippen LogP contribution is -2.40. The van der Waals surface area contributed by atoms with Gasteiger partial charge in [0.2, 0.25) is 10.0 Å². The van der Waals surface area contributed by atoms with Gasteiger partial charge in [-0.05, 0) is 39.2 Å². The van der Waals surface area contributed by atoms with E-state index in [0.29, 0.717) is 41.8 Å². The zero-order valence-electron chi connectivity index (χ0n) is 11.2. The van der Waals surface area contributed by atoms with E-state index < -0.39 is 10.0 Å². The predicted molar refractivity (Wildman–Crippen MR) is 75.8 cm³/mol. The Labute approximate surface area is 120 Å². The van der Waals surface area contributed by atoms with Crippen LogP contribution in [0.2, 0.25) is 0 Å². The molecule has 0 amide bonds. The molecule has 19 heavy (non-hydrogen) atoms. The van der Waals surface area contributed by atoms with Crippen LogP contribution < -0.4 is 5.73 Å². The molecule has 1 aliphatic rings. The second-order valence-corrected chi connectivity index (χ2v) is 6.72. The zero-order valence-corrected chi connectivity index (χ0v) is 12.9. The van der Waals surface area contributed by atoms with E-state index in [2.05, 4.69) is 10.2 Å². The molecule has 1 saturated heterocycles. The van der Waals surface area contributed by atoms with Crippen LogP contribution in [-0.4, -0.2) is 42.6 Å². The Bertz CT molecular complexity index is 501. The third kappa shape index (κ3) is 3.10. The van der Waals surface area contributed by atoms with E-state index in [9.17, 15) is 8.42 Å². The number of sulfonamides is 1. The fourth-order valence-electron chi connectivity index (χ4n) is 2.44. The van der Waals surface area contributed by atoms with E-state index in [0.717, 1.165) is 12.8 Å². The van der Waals surface area contributed by atoms with Gasteiger partial charge in [-0.15, -0.1) is 12.4 Å². The molecule has 0 atom stereocenters. The Hall–Kier alpha value is -0.630. The van der Waals surface area contributed by atoms with Crippen molar-refractivity contribution in [2.75, 3.05) is 19.6 Å². The smallest absolute Gasteiger partial charge is 0.246 e. The molecule has 8 heteroatoms. The summed E-state index contributed by atoms with van der Waals surface area (Å²) >= 11 is 0. The first kappa shape index (κ1) is 16.4. The number of aromatic nitrogens is 2. The summed E-state index contributed by atoms with van der Waals surface area (Å²) in [6.45, 7) is 5.18. The molecule has 0 spiro atoms. The van der Waals surface area contributed by atoms with Crippen molar-refractivity contribution in [2.24, 2.45) is 11.7 Å². The van der Waals surface area contributed by atoms with Crippen molar-refractivity contribution in [1.82, 2.24) is 14.5 Å². The summed E-state index contributed by atoms with van der Waals surface area (Å²) in [4.78, 5) is 0.327. The van der Waals surface area contributed by atoms with Crippen LogP contribution in [0.3, 0.4) is 0 Å². The van der Waals surface area contributed by atoms with Gasteiger partial charge in [0.15, 0.2) is 0 Å². The van der Waals surface area contributed by atoms with Crippen molar-refractivity contribution in [1.29, 1.82) is 0 Å². The molecule has 1 aliphatic heterocycles. The Balaban J connectivity index is 0.00000180. The second-order valence-electron chi connectivity index (χ2n) is 4.85. The van der Waals surface area contributed by atoms with E-state index in [1.54, 1.807) is 18.2 Å². The molecule has 0 aliphatic carbocycles. The van der Waals surface area contributed by atoms with Gasteiger partial charge in [-0.25, -0.2) is 8.42 Å². The average Bonchev–Trinajstić information content (AvgIpc) is 2.69. The minimum absolute atomic E-state index is 0. The van der Waals surface area contributed by atoms with Crippen molar-refractivity contribution in [2.45, 2.75) is 31.6 Å². The van der Waals surface area contributed by atoms with Crippen molar-refractivity contribution in [3.8, 4) is 0 Å². The molecule has 0 saturated carbocycles. The Kier molecular flexibility index (Phi) is 5.37. The molecular formula is C11H21ClN4O2S. The van der Waals surface area contributed by atoms with Crippen molar-refractivity contribution >= 4 is 22.4 Å². The maximum absolute atomic E-state index is 12.5. The number of rotatable bonds is 3. The number of nitrogens with zero attached hydrogens (tertiary/aromatic N) is 2. The van der Waals surface area contributed by atoms with Gasteiger partial charge in [-0.1, -0.05) is 0 Å². The number of H-pyrrole nitrogens is 1. The Morgan fingerprint density at radius 2 is 1.95 bits per heavy atom. The summed E-state index contributed by atoms with van der Waals surface area (Å²) in [5.74, 6) is 0.447. The summed E-state index contributed by atoms with van der Waals surface area (Å²) in [6, 6.07) is 0. The molecule has 2 heterocycles. The third-order valence-electron chi connectivity index (χ3n) is 3.57. The summed E-state index contributed by atoms with van der Waals surface area (Å²) in [5, 5.41) is 6.68. The van der Waals surface area contributed by atoms with E-state index in [1.165, 1.54) is 0 Å². The molecule has 110 valence electrons. The first-order chi connectivity index (χ1) is 8.46. The molecule has 1 fully saturated rings. The SMILES string of the molecule is Cc1n[nH]c(C)c1S(=O)(=O)N1CCC(CN)CC1.Cl. The summed E-state index contributed by atoms with van der Waals surface area (Å²) in [5.41, 5.74) is 6.76. The number of aryl methyl sites for hydroxylation is 2. The van der Waals surface area contributed by atoms with Crippen LogP contribution in [0.25, 0.3) is 0 Å². The number of halogens is 1. The van der Waals surface area contributed by atoms with Crippen LogP contribution in [0.5, 0.6) is 0 Å². The molecule has 0 unspecified atom stereocenters. The van der Waals surface area contributed by atoms with Gasteiger partial charge in [0.05, 0.1) is 11.4 Å². The Morgan fingerprint density at radius 3 is 2.37 bits per heavy atom. The standard InChI is InChI=1S/C11H20N4O2S.ClH/c1-8-11(9(2)14-13-8)18(16,17)15-5-3-10(7-12)4-6-15;/h10H,3-7,12H2,1-2H3,(H,13,14);1H. The maximum atomic E-state index is 12.5. The highest BCUT2D eigenvalue weighted by Gasteiger charge is 2.32. The first-order valence-electron chi connectivity index (χ1n) is 6.18. The highest BCUT2D eigenvalue weighted by molar-refractivity contribution is 7.89. The summed E-state index contributed by atoms with van der Waals surface area (Å²) in [7, 11) is -3.41. The molecule has 6 nitrogen and oxygen atoms in total. The van der Waals surface area contributed by atoms with Crippen molar-refractivity contribution in [3.63, 3.8) is 0 Å². The number of hydrogen-bond acceptors (Lipinski definition) is 4. The number of nitrogens with two attached hydrogens (primary N) is 1. The van der Waals surface area contributed by atoms with Gasteiger partial charge in [-0.2, -0.15) is 9.40 Å². The lowest BCUT2D eigenvalue weighted by atomic mass is 9.99. The number of hydrogen-bond donors (Lipinski definition) is 2. The normalized spacial score (nSPS) is 18.3. The minimum atomic E-state index is -3.41. The van der Waals surface area contributed by atoms with Crippen LogP contribution in [0.15, 0.2) is 4.90 Å². The lowest BCUT2D eigenvalue weighted by Gasteiger charge is -2.30. The molecule has 0 radical (unpaired) electrons. The van der Waals surface area contributed by atoms with Crippen molar-refractivity contribution in [3.05, 3.63) is 11.4 Å². The first-order valence-corrected chi connectivity index (χ1v) is 7.62. The molecule has 3 N–H and O–H groups in total. The van der Waals surface area contributed by atoms with Gasteiger partial charge >= 0.3 is 0 Å². The van der Waals surface area contributed by atoms with E-state index >= 15 is 0 Å². The minimum Gasteiger partial charge on any atom is -0.330 e. The monoisotopic (exact) mass is 308 g/mol. The number of aromatic amines is 1. The fraction of sp³-hybridized carbons (Fsp3) is 0.727. The molecule has 0 aromatic carbocycles. The van der Waals surface area contributed by atoms with Gasteiger partial charge in [0.25, 0.3) is 0 Å². The van der Waals surface area contributed by atoms with Gasteiger partial charge < -0.3 is 5.73 Å². The zero-order chi connectivity index (χ0) is 13.3. The van der Waals surface area contributed by atoms with Crippen LogP contribution >= 0.6 is 12.4 Å². The van der Waals surface area contributed by atoms with E-state index in [4.69, 9.17) is 5.73 Å². The summed E-state index contributed by atoms with van der Waals surface area (Å²) in [6.07, 6.45) is 1.68. The van der Waals surface area contributed by atoms with E-state index in [1.807, 2.05) is 0 Å². The highest BCUT2D eigenvalue weighted by Crippen LogP contribution is 2.26. The molecule has 2 rings (SSSR count). The molecule has 1 aromatic heterocycles. The number of piperidine rings is 1. The molecule has 1 aromatic rings. The fourth-order valence-corrected chi connectivity index (χ4v) is 4.24. The average molecular weight is 309 g/mol. The predicted octanol–water partition coefficient (Wildman–Crippen LogP) is 0.808. The second kappa shape index (κ2) is 6.21. The quantitative estimate of drug-likeness (QED) is 0.864. The van der Waals surface area contributed by atoms with Gasteiger partial charge in [0, 0.05) is 13.1 Å².